The van der Waals surface area contributed by atoms with E-state index in [0.29, 0.717) is 11.4 Å². The zero-order valence-corrected chi connectivity index (χ0v) is 11.9. The first-order valence-corrected chi connectivity index (χ1v) is 6.56. The molecule has 0 bridgehead atoms. The molecule has 1 atom stereocenters. The van der Waals surface area contributed by atoms with Gasteiger partial charge in [-0.3, -0.25) is 9.89 Å². The average molecular weight is 294 g/mol. The van der Waals surface area contributed by atoms with Crippen molar-refractivity contribution in [1.82, 2.24) is 20.5 Å². The van der Waals surface area contributed by atoms with E-state index in [1.54, 1.807) is 6.92 Å². The number of nitrogens with zero attached hydrogens (tertiary/aromatic N) is 2. The van der Waals surface area contributed by atoms with E-state index in [4.69, 9.17) is 0 Å². The number of carbonyl (C=O) groups excluding carboxylic acids is 1. The van der Waals surface area contributed by atoms with E-state index < -0.39 is 23.6 Å². The third-order valence-corrected chi connectivity index (χ3v) is 3.04. The Hall–Kier alpha value is -2.31. The molecule has 0 aliphatic carbocycles. The monoisotopic (exact) mass is 294 g/mol. The number of halogens is 2. The maximum Gasteiger partial charge on any atom is 0.291 e. The van der Waals surface area contributed by atoms with E-state index >= 15 is 0 Å². The summed E-state index contributed by atoms with van der Waals surface area (Å²) in [7, 11) is 0. The lowest BCUT2D eigenvalue weighted by atomic mass is 10.1. The van der Waals surface area contributed by atoms with Crippen LogP contribution in [0, 0.1) is 11.6 Å². The molecule has 2 aromatic rings. The highest BCUT2D eigenvalue weighted by Crippen LogP contribution is 2.16. The second-order valence-corrected chi connectivity index (χ2v) is 5.07. The van der Waals surface area contributed by atoms with E-state index in [2.05, 4.69) is 20.5 Å². The topological polar surface area (TPSA) is 70.7 Å². The predicted molar refractivity (Wildman–Crippen MR) is 72.7 cm³/mol. The standard InChI is InChI=1S/C14H16F2N4O/c1-7(2)12-18-13(20-19-12)14(21)17-8(3)9-4-5-10(15)11(16)6-9/h4-8H,1-3H3,(H,17,21)(H,18,19,20). The second kappa shape index (κ2) is 5.99. The molecule has 112 valence electrons. The minimum Gasteiger partial charge on any atom is -0.343 e. The van der Waals surface area contributed by atoms with Gasteiger partial charge in [0.25, 0.3) is 5.91 Å². The van der Waals surface area contributed by atoms with Crippen LogP contribution >= 0.6 is 0 Å². The van der Waals surface area contributed by atoms with Crippen LogP contribution in [0.25, 0.3) is 0 Å². The van der Waals surface area contributed by atoms with Crippen molar-refractivity contribution >= 4 is 5.91 Å². The number of nitrogens with one attached hydrogen (secondary N) is 2. The summed E-state index contributed by atoms with van der Waals surface area (Å²) in [6.45, 7) is 5.51. The fourth-order valence-electron chi connectivity index (χ4n) is 1.76. The number of H-pyrrole nitrogens is 1. The van der Waals surface area contributed by atoms with Gasteiger partial charge >= 0.3 is 0 Å². The molecule has 1 unspecified atom stereocenters. The molecule has 2 rings (SSSR count). The van der Waals surface area contributed by atoms with Gasteiger partial charge < -0.3 is 5.32 Å². The van der Waals surface area contributed by atoms with Gasteiger partial charge in [0.05, 0.1) is 6.04 Å². The summed E-state index contributed by atoms with van der Waals surface area (Å²) >= 11 is 0. The van der Waals surface area contributed by atoms with E-state index in [-0.39, 0.29) is 11.7 Å². The number of carbonyl (C=O) groups is 1. The summed E-state index contributed by atoms with van der Waals surface area (Å²) < 4.78 is 26.1. The molecule has 0 radical (unpaired) electrons. The van der Waals surface area contributed by atoms with E-state index in [1.807, 2.05) is 13.8 Å². The molecule has 7 heteroatoms. The van der Waals surface area contributed by atoms with Crippen LogP contribution in [0.3, 0.4) is 0 Å². The Kier molecular flexibility index (Phi) is 4.30. The van der Waals surface area contributed by atoms with Crippen LogP contribution in [-0.4, -0.2) is 21.1 Å². The highest BCUT2D eigenvalue weighted by Gasteiger charge is 2.17. The van der Waals surface area contributed by atoms with Crippen molar-refractivity contribution in [2.75, 3.05) is 0 Å². The summed E-state index contributed by atoms with van der Waals surface area (Å²) in [5, 5.41) is 9.16. The van der Waals surface area contributed by atoms with Crippen molar-refractivity contribution in [2.24, 2.45) is 0 Å². The molecule has 0 spiro atoms. The summed E-state index contributed by atoms with van der Waals surface area (Å²) in [4.78, 5) is 16.1. The van der Waals surface area contributed by atoms with E-state index in [1.165, 1.54) is 6.07 Å². The van der Waals surface area contributed by atoms with Gasteiger partial charge in [-0.1, -0.05) is 19.9 Å². The van der Waals surface area contributed by atoms with Gasteiger partial charge in [-0.25, -0.2) is 13.8 Å². The first-order valence-electron chi connectivity index (χ1n) is 6.56. The summed E-state index contributed by atoms with van der Waals surface area (Å²) in [5.41, 5.74) is 0.460. The highest BCUT2D eigenvalue weighted by molar-refractivity contribution is 5.90. The lowest BCUT2D eigenvalue weighted by molar-refractivity contribution is 0.0929. The van der Waals surface area contributed by atoms with Crippen LogP contribution in [0.1, 0.15) is 54.7 Å². The Morgan fingerprint density at radius 2 is 1.95 bits per heavy atom. The molecular formula is C14H16F2N4O. The molecule has 0 aliphatic heterocycles. The van der Waals surface area contributed by atoms with E-state index in [9.17, 15) is 13.6 Å². The van der Waals surface area contributed by atoms with Crippen LogP contribution in [0.15, 0.2) is 18.2 Å². The minimum atomic E-state index is -0.950. The van der Waals surface area contributed by atoms with Gasteiger partial charge in [-0.05, 0) is 24.6 Å². The largest absolute Gasteiger partial charge is 0.343 e. The van der Waals surface area contributed by atoms with Crippen LogP contribution in [-0.2, 0) is 0 Å². The van der Waals surface area contributed by atoms with Gasteiger partial charge in [0.15, 0.2) is 11.6 Å². The van der Waals surface area contributed by atoms with Crippen molar-refractivity contribution in [2.45, 2.75) is 32.7 Å². The molecule has 5 nitrogen and oxygen atoms in total. The van der Waals surface area contributed by atoms with Crippen molar-refractivity contribution in [3.05, 3.63) is 47.0 Å². The van der Waals surface area contributed by atoms with Crippen molar-refractivity contribution in [3.63, 3.8) is 0 Å². The van der Waals surface area contributed by atoms with Gasteiger partial charge in [0, 0.05) is 5.92 Å². The molecular weight excluding hydrogens is 278 g/mol. The molecule has 0 aliphatic rings. The number of amides is 1. The maximum atomic E-state index is 13.2. The molecule has 1 heterocycles. The molecule has 21 heavy (non-hydrogen) atoms. The van der Waals surface area contributed by atoms with Crippen molar-refractivity contribution in [1.29, 1.82) is 0 Å². The number of benzene rings is 1. The van der Waals surface area contributed by atoms with Crippen LogP contribution in [0.4, 0.5) is 8.78 Å². The molecule has 2 N–H and O–H groups in total. The Morgan fingerprint density at radius 3 is 2.52 bits per heavy atom. The maximum absolute atomic E-state index is 13.2. The smallest absolute Gasteiger partial charge is 0.291 e. The first kappa shape index (κ1) is 15.1. The van der Waals surface area contributed by atoms with Gasteiger partial charge in [0.2, 0.25) is 5.82 Å². The average Bonchev–Trinajstić information content (AvgIpc) is 2.91. The lowest BCUT2D eigenvalue weighted by Crippen LogP contribution is -2.27. The third kappa shape index (κ3) is 3.42. The van der Waals surface area contributed by atoms with Gasteiger partial charge in [-0.2, -0.15) is 0 Å². The molecule has 0 saturated carbocycles. The first-order chi connectivity index (χ1) is 9.88. The normalized spacial score (nSPS) is 12.5. The van der Waals surface area contributed by atoms with Crippen LogP contribution < -0.4 is 5.32 Å². The fourth-order valence-corrected chi connectivity index (χ4v) is 1.76. The van der Waals surface area contributed by atoms with Crippen LogP contribution in [0.5, 0.6) is 0 Å². The second-order valence-electron chi connectivity index (χ2n) is 5.07. The number of rotatable bonds is 4. The summed E-state index contributed by atoms with van der Waals surface area (Å²) in [5.74, 6) is -1.59. The Bertz CT molecular complexity index is 654. The number of hydrogen-bond acceptors (Lipinski definition) is 3. The number of aromatic amines is 1. The Labute approximate surface area is 120 Å². The minimum absolute atomic E-state index is 0.0214. The third-order valence-electron chi connectivity index (χ3n) is 3.04. The zero-order chi connectivity index (χ0) is 15.6. The van der Waals surface area contributed by atoms with E-state index in [0.717, 1.165) is 12.1 Å². The number of hydrogen-bond donors (Lipinski definition) is 2. The quantitative estimate of drug-likeness (QED) is 0.910. The van der Waals surface area contributed by atoms with Crippen molar-refractivity contribution in [3.8, 4) is 0 Å². The summed E-state index contributed by atoms with van der Waals surface area (Å²) in [6, 6.07) is 3.00. The number of aromatic nitrogens is 3. The molecule has 1 aromatic heterocycles. The SMILES string of the molecule is CC(C)c1nc(C(=O)NC(C)c2ccc(F)c(F)c2)n[nH]1. The molecule has 1 aromatic carbocycles. The van der Waals surface area contributed by atoms with Gasteiger partial charge in [0.1, 0.15) is 5.82 Å². The highest BCUT2D eigenvalue weighted by atomic mass is 19.2. The van der Waals surface area contributed by atoms with Gasteiger partial charge in [-0.15, -0.1) is 5.10 Å². The molecule has 0 saturated heterocycles. The summed E-state index contributed by atoms with van der Waals surface area (Å²) in [6.07, 6.45) is 0. The van der Waals surface area contributed by atoms with Crippen molar-refractivity contribution < 1.29 is 13.6 Å². The Balaban J connectivity index is 2.08. The fraction of sp³-hybridized carbons (Fsp3) is 0.357. The predicted octanol–water partition coefficient (Wildman–Crippen LogP) is 2.70. The molecule has 1 amide bonds. The Morgan fingerprint density at radius 1 is 1.24 bits per heavy atom. The molecule has 0 fully saturated rings. The lowest BCUT2D eigenvalue weighted by Gasteiger charge is -2.13. The van der Waals surface area contributed by atoms with Crippen LogP contribution in [0.2, 0.25) is 0 Å². The zero-order valence-electron chi connectivity index (χ0n) is 11.9.